The van der Waals surface area contributed by atoms with Crippen molar-refractivity contribution in [2.24, 2.45) is 0 Å². The van der Waals surface area contributed by atoms with Gasteiger partial charge >= 0.3 is 0 Å². The molecule has 32 heavy (non-hydrogen) atoms. The molecule has 0 spiro atoms. The number of benzene rings is 2. The van der Waals surface area contributed by atoms with E-state index in [0.29, 0.717) is 42.8 Å². The monoisotopic (exact) mass is 511 g/mol. The molecule has 1 aliphatic heterocycles. The van der Waals surface area contributed by atoms with Crippen LogP contribution in [-0.2, 0) is 16.4 Å². The van der Waals surface area contributed by atoms with Gasteiger partial charge in [0, 0.05) is 48.0 Å². The zero-order valence-electron chi connectivity index (χ0n) is 17.5. The minimum atomic E-state index is -3.65. The number of nitrogens with zero attached hydrogens (tertiary/aromatic N) is 3. The average molecular weight is 512 g/mol. The second-order valence-electron chi connectivity index (χ2n) is 7.37. The Bertz CT molecular complexity index is 1160. The lowest BCUT2D eigenvalue weighted by Gasteiger charge is -2.33. The maximum absolute atomic E-state index is 13.0. The van der Waals surface area contributed by atoms with Crippen LogP contribution in [0.3, 0.4) is 0 Å². The zero-order valence-corrected chi connectivity index (χ0v) is 20.6. The van der Waals surface area contributed by atoms with Crippen LogP contribution in [0.2, 0.25) is 10.0 Å². The summed E-state index contributed by atoms with van der Waals surface area (Å²) in [6, 6.07) is 12.4. The van der Waals surface area contributed by atoms with Gasteiger partial charge in [-0.1, -0.05) is 35.3 Å². The second-order valence-corrected chi connectivity index (χ2v) is 11.0. The highest BCUT2D eigenvalue weighted by molar-refractivity contribution is 7.89. The summed E-state index contributed by atoms with van der Waals surface area (Å²) < 4.78 is 32.9. The van der Waals surface area contributed by atoms with Gasteiger partial charge in [-0.15, -0.1) is 11.3 Å². The Morgan fingerprint density at radius 2 is 1.69 bits per heavy atom. The van der Waals surface area contributed by atoms with E-state index in [0.717, 1.165) is 23.0 Å². The molecule has 1 saturated heterocycles. The average Bonchev–Trinajstić information content (AvgIpc) is 3.23. The summed E-state index contributed by atoms with van der Waals surface area (Å²) in [5.41, 5.74) is 2.17. The molecule has 0 bridgehead atoms. The Hall–Kier alpha value is -1.84. The molecule has 3 aromatic rings. The van der Waals surface area contributed by atoms with Crippen LogP contribution in [-0.4, -0.2) is 50.5 Å². The van der Waals surface area contributed by atoms with Crippen molar-refractivity contribution in [1.29, 1.82) is 0 Å². The molecule has 1 fully saturated rings. The summed E-state index contributed by atoms with van der Waals surface area (Å²) in [7, 11) is -3.65. The summed E-state index contributed by atoms with van der Waals surface area (Å²) in [6.07, 6.45) is 0.743. The molecular weight excluding hydrogens is 489 g/mol. The molecule has 170 valence electrons. The number of hydrogen-bond acceptors (Lipinski definition) is 6. The number of sulfonamides is 1. The van der Waals surface area contributed by atoms with E-state index in [1.165, 1.54) is 28.1 Å². The molecule has 10 heteroatoms. The fourth-order valence-electron chi connectivity index (χ4n) is 3.55. The van der Waals surface area contributed by atoms with Crippen molar-refractivity contribution in [2.45, 2.75) is 18.2 Å². The zero-order chi connectivity index (χ0) is 22.7. The van der Waals surface area contributed by atoms with E-state index in [-0.39, 0.29) is 4.90 Å². The van der Waals surface area contributed by atoms with Gasteiger partial charge in [0.15, 0.2) is 5.13 Å². The van der Waals surface area contributed by atoms with E-state index >= 15 is 0 Å². The molecule has 0 aliphatic carbocycles. The minimum Gasteiger partial charge on any atom is -0.494 e. The molecule has 0 unspecified atom stereocenters. The van der Waals surface area contributed by atoms with Crippen LogP contribution in [0.25, 0.3) is 0 Å². The van der Waals surface area contributed by atoms with E-state index in [2.05, 4.69) is 22.4 Å². The maximum atomic E-state index is 13.0. The first kappa shape index (κ1) is 23.3. The van der Waals surface area contributed by atoms with E-state index < -0.39 is 10.0 Å². The van der Waals surface area contributed by atoms with Gasteiger partial charge in [-0.25, -0.2) is 13.4 Å². The first-order valence-corrected chi connectivity index (χ1v) is 13.3. The molecule has 4 rings (SSSR count). The first-order chi connectivity index (χ1) is 15.3. The molecule has 1 aliphatic rings. The van der Waals surface area contributed by atoms with Gasteiger partial charge < -0.3 is 9.64 Å². The third kappa shape index (κ3) is 5.38. The van der Waals surface area contributed by atoms with Crippen LogP contribution in [0.4, 0.5) is 5.13 Å². The summed E-state index contributed by atoms with van der Waals surface area (Å²) in [5.74, 6) is 0.864. The van der Waals surface area contributed by atoms with Crippen LogP contribution < -0.4 is 9.64 Å². The summed E-state index contributed by atoms with van der Waals surface area (Å²) >= 11 is 13.6. The normalized spacial score (nSPS) is 15.2. The number of halogens is 2. The van der Waals surface area contributed by atoms with E-state index in [4.69, 9.17) is 32.9 Å². The van der Waals surface area contributed by atoms with E-state index in [9.17, 15) is 8.42 Å². The molecule has 0 saturated carbocycles. The lowest BCUT2D eigenvalue weighted by atomic mass is 10.1. The Balaban J connectivity index is 1.38. The number of piperazine rings is 1. The Morgan fingerprint density at radius 3 is 2.31 bits per heavy atom. The number of thiazole rings is 1. The smallest absolute Gasteiger partial charge is 0.243 e. The predicted molar refractivity (Wildman–Crippen MR) is 130 cm³/mol. The van der Waals surface area contributed by atoms with Gasteiger partial charge in [0.25, 0.3) is 0 Å². The van der Waals surface area contributed by atoms with Crippen molar-refractivity contribution in [3.8, 4) is 5.75 Å². The quantitative estimate of drug-likeness (QED) is 0.448. The van der Waals surface area contributed by atoms with Gasteiger partial charge in [-0.2, -0.15) is 4.31 Å². The summed E-state index contributed by atoms with van der Waals surface area (Å²) in [4.78, 5) is 7.02. The topological polar surface area (TPSA) is 62.7 Å². The Morgan fingerprint density at radius 1 is 1.03 bits per heavy atom. The molecule has 0 N–H and O–H groups in total. The molecule has 6 nitrogen and oxygen atoms in total. The van der Waals surface area contributed by atoms with E-state index in [1.807, 2.05) is 19.1 Å². The molecular formula is C22H23Cl2N3O3S2. The van der Waals surface area contributed by atoms with Gasteiger partial charge in [0.05, 0.1) is 17.2 Å². The van der Waals surface area contributed by atoms with Crippen LogP contribution in [0.5, 0.6) is 5.75 Å². The maximum Gasteiger partial charge on any atom is 0.243 e. The molecule has 1 aromatic heterocycles. The Labute approximate surface area is 202 Å². The second kappa shape index (κ2) is 9.97. The summed E-state index contributed by atoms with van der Waals surface area (Å²) in [6.45, 7) is 4.51. The largest absolute Gasteiger partial charge is 0.494 e. The molecule has 0 radical (unpaired) electrons. The van der Waals surface area contributed by atoms with Gasteiger partial charge in [-0.3, -0.25) is 0 Å². The van der Waals surface area contributed by atoms with Crippen LogP contribution in [0.1, 0.15) is 18.2 Å². The van der Waals surface area contributed by atoms with E-state index in [1.54, 1.807) is 11.3 Å². The van der Waals surface area contributed by atoms with Gasteiger partial charge in [-0.05, 0) is 42.8 Å². The minimum absolute atomic E-state index is 0.121. The number of anilines is 1. The predicted octanol–water partition coefficient (Wildman–Crippen LogP) is 4.95. The fraction of sp³-hybridized carbons (Fsp3) is 0.318. The lowest BCUT2D eigenvalue weighted by molar-refractivity contribution is 0.340. The third-order valence-corrected chi connectivity index (χ3v) is 8.41. The molecule has 2 heterocycles. The van der Waals surface area contributed by atoms with Gasteiger partial charge in [0.1, 0.15) is 5.75 Å². The highest BCUT2D eigenvalue weighted by Gasteiger charge is 2.30. The molecule has 0 atom stereocenters. The third-order valence-electron chi connectivity index (χ3n) is 5.14. The first-order valence-electron chi connectivity index (χ1n) is 10.2. The van der Waals surface area contributed by atoms with Crippen molar-refractivity contribution in [2.75, 3.05) is 37.7 Å². The van der Waals surface area contributed by atoms with Crippen LogP contribution >= 0.6 is 34.5 Å². The Kier molecular flexibility index (Phi) is 7.27. The number of aromatic nitrogens is 1. The van der Waals surface area contributed by atoms with Crippen molar-refractivity contribution >= 4 is 49.7 Å². The fourth-order valence-corrected chi connectivity index (χ4v) is 6.58. The molecule has 2 aromatic carbocycles. The number of ether oxygens (including phenoxy) is 1. The number of rotatable bonds is 7. The highest BCUT2D eigenvalue weighted by atomic mass is 35.5. The van der Waals surface area contributed by atoms with Crippen molar-refractivity contribution < 1.29 is 13.2 Å². The van der Waals surface area contributed by atoms with Crippen molar-refractivity contribution in [1.82, 2.24) is 9.29 Å². The van der Waals surface area contributed by atoms with Crippen molar-refractivity contribution in [3.63, 3.8) is 0 Å². The van der Waals surface area contributed by atoms with Gasteiger partial charge in [0.2, 0.25) is 10.0 Å². The van der Waals surface area contributed by atoms with Crippen LogP contribution in [0.15, 0.2) is 52.7 Å². The van der Waals surface area contributed by atoms with Crippen molar-refractivity contribution in [3.05, 3.63) is 69.1 Å². The molecule has 0 amide bonds. The SMILES string of the molecule is CCOc1ccc(Cc2csc(N3CCN(S(=O)(=O)c4cc(Cl)cc(Cl)c4)CC3)n2)cc1. The standard InChI is InChI=1S/C22H23Cl2N3O3S2/c1-2-30-20-5-3-16(4-6-20)11-19-15-31-22(25-19)26-7-9-27(10-8-26)32(28,29)21-13-17(23)12-18(24)14-21/h3-6,12-15H,2,7-11H2,1H3. The number of hydrogen-bond donors (Lipinski definition) is 0. The highest BCUT2D eigenvalue weighted by Crippen LogP contribution is 2.28. The lowest BCUT2D eigenvalue weighted by Crippen LogP contribution is -2.48. The van der Waals surface area contributed by atoms with Crippen LogP contribution in [0, 0.1) is 0 Å². The summed E-state index contributed by atoms with van der Waals surface area (Å²) in [5, 5.41) is 3.58.